The Morgan fingerprint density at radius 1 is 0.524 bits per heavy atom. The van der Waals surface area contributed by atoms with Gasteiger partial charge in [0.05, 0.1) is 13.2 Å². The van der Waals surface area contributed by atoms with E-state index in [1.54, 1.807) is 24.5 Å². The second-order valence-electron chi connectivity index (χ2n) is 21.2. The molecule has 84 heavy (non-hydrogen) atoms. The molecular formula is C59H58Cl2F2N8O10Se3. The van der Waals surface area contributed by atoms with Gasteiger partial charge >= 0.3 is 402 Å². The van der Waals surface area contributed by atoms with Crippen molar-refractivity contribution >= 4 is 137 Å². The van der Waals surface area contributed by atoms with Crippen LogP contribution < -0.4 is 16.4 Å². The summed E-state index contributed by atoms with van der Waals surface area (Å²) in [5.41, 5.74) is 11.7. The molecular weight excluding hydrogens is 1330 g/mol. The number of carbonyl (C=O) groups excluding carboxylic acids is 4. The summed E-state index contributed by atoms with van der Waals surface area (Å²) < 4.78 is 67.5. The first kappa shape index (κ1) is 60.6. The van der Waals surface area contributed by atoms with Crippen molar-refractivity contribution in [2.75, 3.05) is 56.0 Å². The molecule has 0 atom stereocenters. The third-order valence-corrected chi connectivity index (χ3v) is 23.3. The Bertz CT molecular complexity index is 3660. The number of anilines is 5. The number of hydrogen-bond acceptors (Lipinski definition) is 18. The number of Topliss-reactive ketones (excluding diaryl/α,β-unsaturated/α-hetero) is 4. The van der Waals surface area contributed by atoms with Crippen LogP contribution in [0, 0.1) is 23.0 Å². The third kappa shape index (κ3) is 13.8. The molecule has 5 aliphatic carbocycles. The first-order chi connectivity index (χ1) is 40.6. The molecule has 25 heteroatoms. The van der Waals surface area contributed by atoms with Crippen LogP contribution in [0.25, 0.3) is 19.6 Å². The number of carbonyl (C=O) groups is 4. The molecule has 440 valence electrons. The number of benzene rings is 2. The number of ketones is 4. The first-order valence-corrected chi connectivity index (χ1v) is 33.6. The van der Waals surface area contributed by atoms with Gasteiger partial charge in [-0.05, 0) is 0 Å². The number of aromatic nitrogens is 4. The number of aryl methyl sites for hydroxylation is 2. The van der Waals surface area contributed by atoms with E-state index >= 15 is 0 Å². The number of fused-ring (bicyclic) bond motifs is 7. The predicted molar refractivity (Wildman–Crippen MR) is 312 cm³/mol. The van der Waals surface area contributed by atoms with Gasteiger partial charge in [0.15, 0.2) is 5.79 Å². The van der Waals surface area contributed by atoms with Gasteiger partial charge in [-0.15, -0.1) is 0 Å². The molecule has 5 fully saturated rings. The molecule has 3 aliphatic heterocycles. The number of nitriles is 1. The van der Waals surface area contributed by atoms with E-state index in [4.69, 9.17) is 62.6 Å². The number of nitrogen functional groups attached to an aromatic ring is 1. The van der Waals surface area contributed by atoms with Crippen LogP contribution in [0.3, 0.4) is 0 Å². The average Bonchev–Trinajstić information content (AvgIpc) is 4.55. The summed E-state index contributed by atoms with van der Waals surface area (Å²) in [7, 11) is 0. The van der Waals surface area contributed by atoms with Crippen molar-refractivity contribution in [3.05, 3.63) is 106 Å². The van der Waals surface area contributed by atoms with Crippen molar-refractivity contribution in [1.29, 1.82) is 5.26 Å². The van der Waals surface area contributed by atoms with Crippen LogP contribution in [-0.2, 0) is 86.1 Å². The molecule has 8 heterocycles. The first-order valence-electron chi connectivity index (χ1n) is 27.7. The summed E-state index contributed by atoms with van der Waals surface area (Å²) in [6.45, 7) is 4.08. The Labute approximate surface area is 510 Å². The fraction of sp³-hybridized carbons (Fsp3) is 0.441. The molecule has 7 aromatic rings. The van der Waals surface area contributed by atoms with Gasteiger partial charge in [-0.25, -0.2) is 0 Å². The minimum atomic E-state index is -0.454. The molecule has 2 aromatic carbocycles. The van der Waals surface area contributed by atoms with Crippen LogP contribution in [0.15, 0.2) is 49.1 Å². The van der Waals surface area contributed by atoms with Gasteiger partial charge < -0.3 is 9.47 Å². The third-order valence-electron chi connectivity index (χ3n) is 15.7. The number of nitrogens with one attached hydrogen (secondary N) is 2. The molecule has 15 rings (SSSR count). The van der Waals surface area contributed by atoms with Crippen molar-refractivity contribution in [3.8, 4) is 6.07 Å². The molecule has 18 nitrogen and oxygen atoms in total. The fourth-order valence-electron chi connectivity index (χ4n) is 11.4. The number of nitrogens with two attached hydrogens (primary N) is 1. The molecule has 3 spiro atoms. The Kier molecular flexibility index (Phi) is 19.1. The SMILES string of the molecule is Fc1ccc(Nc2ncnc3[se]c4c(c23)CCC2(C4)OCCO2)cc1Cl.N#Cc1c(N)[se]c2c1CCC1(C2)OCCO1.O=C1CCC(=O)CC1.O=C1CCC2(CC1)OCCO2.O=C1CCc2c([se]c3ncnc(Nc4ccc(F)c(Cl)c4)c23)C1. The molecule has 5 aromatic heterocycles. The molecule has 4 N–H and O–H groups in total. The van der Waals surface area contributed by atoms with Crippen molar-refractivity contribution in [2.45, 2.75) is 127 Å². The average molecular weight is 1380 g/mol. The van der Waals surface area contributed by atoms with Crippen LogP contribution in [-0.4, -0.2) is 144 Å². The second-order valence-corrected chi connectivity index (χ2v) is 28.9. The molecule has 0 amide bonds. The van der Waals surface area contributed by atoms with E-state index in [0.717, 1.165) is 93.3 Å². The van der Waals surface area contributed by atoms with Crippen molar-refractivity contribution in [3.63, 3.8) is 0 Å². The van der Waals surface area contributed by atoms with Crippen LogP contribution in [0.2, 0.25) is 10.0 Å². The van der Waals surface area contributed by atoms with Crippen molar-refractivity contribution in [1.82, 2.24) is 19.9 Å². The Hall–Kier alpha value is -5.11. The van der Waals surface area contributed by atoms with Crippen LogP contribution in [0.1, 0.15) is 106 Å². The molecule has 0 radical (unpaired) electrons. The maximum atomic E-state index is 13.4. The number of nitrogens with zero attached hydrogens (tertiary/aromatic N) is 5. The van der Waals surface area contributed by atoms with Crippen molar-refractivity contribution < 1.29 is 56.4 Å². The van der Waals surface area contributed by atoms with E-state index in [2.05, 4.69) is 36.6 Å². The normalized spacial score (nSPS) is 19.7. The summed E-state index contributed by atoms with van der Waals surface area (Å²) in [5.74, 6) is 0.466. The van der Waals surface area contributed by atoms with Gasteiger partial charge in [0.1, 0.15) is 17.3 Å². The van der Waals surface area contributed by atoms with Gasteiger partial charge in [0.2, 0.25) is 0 Å². The standard InChI is InChI=1S/C18H15ClFN3O2Se.C16H11ClFN3OSe.C11H12N2O2Se.C8H12O3.C6H8O2/c19-12-7-10(1-2-13(12)20)23-16-15-11-3-4-18(24-5-6-25-18)8-14(11)26-17(15)22-9-21-16;17-11-5-8(1-4-12(11)18)21-15-14-10-3-2-9(22)6-13(10)23-16(14)20-7-19-15;12-6-8-7-1-2-11(14-3-4-15-11)5-9(7)16-10(8)13;9-7-1-3-8(4-2-7)10-5-6-11-8;7-5-1-2-6(8)4-3-5/h1-2,7,9H,3-6,8H2,(H,21,22,23);1,4-5,7H,2-3,6H2,(H,19,20,21);1-5,13H2;1-6H2;1-4H2. The minimum absolute atomic E-state index is 0.0630. The zero-order chi connectivity index (χ0) is 58.6. The maximum absolute atomic E-state index is 13.4. The Balaban J connectivity index is 0.000000116. The van der Waals surface area contributed by atoms with E-state index in [9.17, 15) is 28.0 Å². The van der Waals surface area contributed by atoms with Gasteiger partial charge in [-0.3, -0.25) is 14.4 Å². The van der Waals surface area contributed by atoms with Crippen molar-refractivity contribution in [2.24, 2.45) is 0 Å². The van der Waals surface area contributed by atoms with E-state index < -0.39 is 23.2 Å². The van der Waals surface area contributed by atoms with E-state index in [0.29, 0.717) is 120 Å². The Morgan fingerprint density at radius 3 is 1.43 bits per heavy atom. The van der Waals surface area contributed by atoms with E-state index in [1.165, 1.54) is 54.5 Å². The molecule has 2 saturated carbocycles. The zero-order valence-electron chi connectivity index (χ0n) is 45.5. The number of halogens is 4. The second kappa shape index (κ2) is 26.5. The quantitative estimate of drug-likeness (QED) is 0.139. The summed E-state index contributed by atoms with van der Waals surface area (Å²) in [6, 6.07) is 11.3. The van der Waals surface area contributed by atoms with Crippen LogP contribution in [0.5, 0.6) is 0 Å². The van der Waals surface area contributed by atoms with Gasteiger partial charge in [-0.1, -0.05) is 0 Å². The van der Waals surface area contributed by atoms with E-state index in [1.807, 2.05) is 0 Å². The van der Waals surface area contributed by atoms with Gasteiger partial charge in [0, 0.05) is 51.4 Å². The summed E-state index contributed by atoms with van der Waals surface area (Å²) in [4.78, 5) is 61.1. The summed E-state index contributed by atoms with van der Waals surface area (Å²) >= 11 is 12.1. The predicted octanol–water partition coefficient (Wildman–Crippen LogP) is 8.74. The van der Waals surface area contributed by atoms with E-state index in [-0.39, 0.29) is 70.9 Å². The van der Waals surface area contributed by atoms with Gasteiger partial charge in [0.25, 0.3) is 0 Å². The van der Waals surface area contributed by atoms with Crippen LogP contribution >= 0.6 is 23.2 Å². The molecule has 0 unspecified atom stereocenters. The van der Waals surface area contributed by atoms with Crippen LogP contribution in [0.4, 0.5) is 36.4 Å². The Morgan fingerprint density at radius 2 is 0.940 bits per heavy atom. The number of rotatable bonds is 4. The molecule has 3 saturated heterocycles. The zero-order valence-corrected chi connectivity index (χ0v) is 52.2. The van der Waals surface area contributed by atoms with Gasteiger partial charge in [-0.2, -0.15) is 0 Å². The number of hydrogen-bond donors (Lipinski definition) is 3. The monoisotopic (exact) mass is 1390 g/mol. The fourth-order valence-corrected chi connectivity index (χ4v) is 19.4. The molecule has 0 bridgehead atoms. The topological polar surface area (TPSA) is 249 Å². The molecule has 8 aliphatic rings. The summed E-state index contributed by atoms with van der Waals surface area (Å²) in [5, 5.41) is 17.8. The number of ether oxygens (including phenoxy) is 6. The summed E-state index contributed by atoms with van der Waals surface area (Å²) in [6.07, 6.45) is 14.7.